The van der Waals surface area contributed by atoms with E-state index in [4.69, 9.17) is 4.42 Å². The average Bonchev–Trinajstić information content (AvgIpc) is 3.66. The van der Waals surface area contributed by atoms with Crippen LogP contribution in [0.4, 0.5) is 0 Å². The second kappa shape index (κ2) is 10.4. The molecule has 4 nitrogen and oxygen atoms in total. The summed E-state index contributed by atoms with van der Waals surface area (Å²) in [6, 6.07) is 49.6. The van der Waals surface area contributed by atoms with Crippen LogP contribution in [0.1, 0.15) is 35.2 Å². The Morgan fingerprint density at radius 3 is 1.95 bits per heavy atom. The van der Waals surface area contributed by atoms with Gasteiger partial charge in [-0.2, -0.15) is 0 Å². The molecule has 44 heavy (non-hydrogen) atoms. The number of hydrogen-bond donors (Lipinski definition) is 3. The van der Waals surface area contributed by atoms with Crippen LogP contribution in [0.5, 0.6) is 0 Å². The fraction of sp³-hybridized carbons (Fsp3) is 0.0769. The minimum Gasteiger partial charge on any atom is -0.456 e. The van der Waals surface area contributed by atoms with Crippen LogP contribution < -0.4 is 16.0 Å². The van der Waals surface area contributed by atoms with Gasteiger partial charge in [0.2, 0.25) is 0 Å². The number of furan rings is 1. The van der Waals surface area contributed by atoms with Crippen LogP contribution in [0.2, 0.25) is 0 Å². The van der Waals surface area contributed by atoms with Crippen molar-refractivity contribution in [3.8, 4) is 11.1 Å². The molecule has 0 saturated carbocycles. The molecular weight excluding hydrogens is 559 g/mol. The molecule has 0 spiro atoms. The molecule has 8 aromatic rings. The topological polar surface area (TPSA) is 49.2 Å². The quantitative estimate of drug-likeness (QED) is 0.192. The van der Waals surface area contributed by atoms with Crippen molar-refractivity contribution in [2.75, 3.05) is 0 Å². The van der Waals surface area contributed by atoms with Gasteiger partial charge >= 0.3 is 0 Å². The van der Waals surface area contributed by atoms with Gasteiger partial charge in [0.05, 0.1) is 18.5 Å². The number of hydrogen-bond acceptors (Lipinski definition) is 5. The average molecular weight is 588 g/mol. The summed E-state index contributed by atoms with van der Waals surface area (Å²) >= 11 is 1.86. The molecule has 0 aliphatic carbocycles. The molecule has 6 aromatic carbocycles. The van der Waals surface area contributed by atoms with E-state index in [2.05, 4.69) is 143 Å². The molecule has 3 heterocycles. The highest BCUT2D eigenvalue weighted by molar-refractivity contribution is 7.25. The van der Waals surface area contributed by atoms with Gasteiger partial charge in [0.15, 0.2) is 0 Å². The van der Waals surface area contributed by atoms with Crippen molar-refractivity contribution in [2.24, 2.45) is 0 Å². The van der Waals surface area contributed by atoms with E-state index in [1.54, 1.807) is 0 Å². The Morgan fingerprint density at radius 1 is 0.455 bits per heavy atom. The summed E-state index contributed by atoms with van der Waals surface area (Å²) in [6.45, 7) is 0. The van der Waals surface area contributed by atoms with E-state index in [0.717, 1.165) is 21.9 Å². The number of para-hydroxylation sites is 1. The van der Waals surface area contributed by atoms with Crippen LogP contribution in [0.25, 0.3) is 53.2 Å². The molecule has 5 heteroatoms. The van der Waals surface area contributed by atoms with E-state index < -0.39 is 0 Å². The van der Waals surface area contributed by atoms with Gasteiger partial charge in [0.25, 0.3) is 0 Å². The number of fused-ring (bicyclic) bond motifs is 6. The molecule has 0 amide bonds. The van der Waals surface area contributed by atoms with Gasteiger partial charge in [-0.05, 0) is 52.1 Å². The third-order valence-corrected chi connectivity index (χ3v) is 9.93. The van der Waals surface area contributed by atoms with Crippen LogP contribution in [-0.2, 0) is 0 Å². The highest BCUT2D eigenvalue weighted by Crippen LogP contribution is 2.39. The zero-order chi connectivity index (χ0) is 29.0. The molecule has 3 N–H and O–H groups in total. The molecule has 1 fully saturated rings. The van der Waals surface area contributed by atoms with Crippen molar-refractivity contribution in [1.29, 1.82) is 0 Å². The first-order valence-corrected chi connectivity index (χ1v) is 15.8. The Balaban J connectivity index is 1.13. The number of nitrogens with one attached hydrogen (secondary N) is 3. The predicted octanol–water partition coefficient (Wildman–Crippen LogP) is 9.80. The monoisotopic (exact) mass is 587 g/mol. The summed E-state index contributed by atoms with van der Waals surface area (Å²) in [4.78, 5) is 0. The lowest BCUT2D eigenvalue weighted by molar-refractivity contribution is 0.204. The van der Waals surface area contributed by atoms with E-state index in [1.165, 1.54) is 48.0 Å². The largest absolute Gasteiger partial charge is 0.456 e. The van der Waals surface area contributed by atoms with Crippen LogP contribution in [0.3, 0.4) is 0 Å². The molecule has 1 saturated heterocycles. The molecule has 1 aliphatic heterocycles. The zero-order valence-electron chi connectivity index (χ0n) is 23.8. The summed E-state index contributed by atoms with van der Waals surface area (Å²) in [5, 5.41) is 16.5. The van der Waals surface area contributed by atoms with Crippen LogP contribution in [-0.4, -0.2) is 0 Å². The molecule has 1 aliphatic rings. The van der Waals surface area contributed by atoms with Crippen molar-refractivity contribution in [3.05, 3.63) is 156 Å². The smallest absolute Gasteiger partial charge is 0.135 e. The van der Waals surface area contributed by atoms with Crippen molar-refractivity contribution < 1.29 is 4.42 Å². The van der Waals surface area contributed by atoms with Crippen molar-refractivity contribution >= 4 is 53.4 Å². The summed E-state index contributed by atoms with van der Waals surface area (Å²) < 4.78 is 8.85. The summed E-state index contributed by atoms with van der Waals surface area (Å²) in [7, 11) is 0. The zero-order valence-corrected chi connectivity index (χ0v) is 24.6. The van der Waals surface area contributed by atoms with Gasteiger partial charge in [-0.3, -0.25) is 16.0 Å². The Hall–Kier alpha value is -4.78. The molecule has 0 bridgehead atoms. The summed E-state index contributed by atoms with van der Waals surface area (Å²) in [6.07, 6.45) is -0.232. The first-order valence-electron chi connectivity index (χ1n) is 15.0. The lowest BCUT2D eigenvalue weighted by atomic mass is 10.00. The molecule has 212 valence electrons. The van der Waals surface area contributed by atoms with Gasteiger partial charge in [-0.25, -0.2) is 0 Å². The van der Waals surface area contributed by atoms with Gasteiger partial charge < -0.3 is 4.42 Å². The molecular formula is C39H29N3OS. The first kappa shape index (κ1) is 25.7. The number of thiophene rings is 1. The Labute approximate surface area is 259 Å². The lowest BCUT2D eigenvalue weighted by Crippen LogP contribution is -2.54. The highest BCUT2D eigenvalue weighted by Gasteiger charge is 2.31. The Morgan fingerprint density at radius 2 is 1.11 bits per heavy atom. The van der Waals surface area contributed by atoms with Crippen LogP contribution in [0, 0.1) is 0 Å². The lowest BCUT2D eigenvalue weighted by Gasteiger charge is -2.40. The minimum absolute atomic E-state index is 0.0487. The SMILES string of the molecule is c1ccc(-c2ccc3c(c2)sc2cc(C4NC(c5ccccc5)NC(c5cccc6oc7ccccc7c56)N4)ccc23)cc1. The maximum atomic E-state index is 6.25. The molecule has 0 radical (unpaired) electrons. The highest BCUT2D eigenvalue weighted by atomic mass is 32.1. The predicted molar refractivity (Wildman–Crippen MR) is 183 cm³/mol. The fourth-order valence-corrected chi connectivity index (χ4v) is 7.87. The van der Waals surface area contributed by atoms with E-state index in [1.807, 2.05) is 23.5 Å². The van der Waals surface area contributed by atoms with E-state index in [-0.39, 0.29) is 18.5 Å². The van der Waals surface area contributed by atoms with Crippen LogP contribution in [0.15, 0.2) is 144 Å². The standard InChI is InChI=1S/C39H29N3OS/c1-3-10-24(11-4-1)26-18-20-28-29-21-19-27(23-35(29)44-34(28)22-26)38-40-37(25-12-5-2-6-13-25)41-39(42-38)31-15-9-17-33-36(31)30-14-7-8-16-32(30)43-33/h1-23,37-42H. The third kappa shape index (κ3) is 4.33. The first-order chi connectivity index (χ1) is 21.8. The maximum Gasteiger partial charge on any atom is 0.135 e. The minimum atomic E-state index is -0.109. The van der Waals surface area contributed by atoms with E-state index in [9.17, 15) is 0 Å². The third-order valence-electron chi connectivity index (χ3n) is 8.82. The summed E-state index contributed by atoms with van der Waals surface area (Å²) in [5.74, 6) is 0. The van der Waals surface area contributed by atoms with Crippen molar-refractivity contribution in [1.82, 2.24) is 16.0 Å². The fourth-order valence-electron chi connectivity index (χ4n) is 6.68. The van der Waals surface area contributed by atoms with E-state index in [0.29, 0.717) is 0 Å². The maximum absolute atomic E-state index is 6.25. The van der Waals surface area contributed by atoms with Gasteiger partial charge in [-0.1, -0.05) is 115 Å². The van der Waals surface area contributed by atoms with Gasteiger partial charge in [-0.15, -0.1) is 11.3 Å². The number of rotatable bonds is 4. The molecule has 3 atom stereocenters. The summed E-state index contributed by atoms with van der Waals surface area (Å²) in [5.41, 5.74) is 7.89. The van der Waals surface area contributed by atoms with Crippen molar-refractivity contribution in [2.45, 2.75) is 18.5 Å². The Bertz CT molecular complexity index is 2290. The molecule has 3 unspecified atom stereocenters. The normalized spacial score (nSPS) is 18.9. The Kier molecular flexibility index (Phi) is 6.10. The second-order valence-electron chi connectivity index (χ2n) is 11.5. The van der Waals surface area contributed by atoms with Crippen LogP contribution >= 0.6 is 11.3 Å². The second-order valence-corrected chi connectivity index (χ2v) is 12.5. The number of benzene rings is 6. The van der Waals surface area contributed by atoms with Gasteiger partial charge in [0, 0.05) is 30.9 Å². The van der Waals surface area contributed by atoms with Crippen molar-refractivity contribution in [3.63, 3.8) is 0 Å². The molecule has 2 aromatic heterocycles. The van der Waals surface area contributed by atoms with E-state index >= 15 is 0 Å². The molecule has 9 rings (SSSR count). The van der Waals surface area contributed by atoms with Gasteiger partial charge in [0.1, 0.15) is 11.2 Å².